The third-order valence-electron chi connectivity index (χ3n) is 5.65. The molecule has 2 aliphatic carbocycles. The van der Waals surface area contributed by atoms with Gasteiger partial charge in [0.25, 0.3) is 0 Å². The van der Waals surface area contributed by atoms with Crippen molar-refractivity contribution >= 4 is 24.1 Å². The van der Waals surface area contributed by atoms with Gasteiger partial charge in [0.05, 0.1) is 0 Å². The van der Waals surface area contributed by atoms with Gasteiger partial charge in [0, 0.05) is 23.6 Å². The molecule has 0 unspecified atom stereocenters. The molecule has 2 aromatic carbocycles. The van der Waals surface area contributed by atoms with Crippen LogP contribution in [0, 0.1) is 0 Å². The van der Waals surface area contributed by atoms with Crippen LogP contribution in [-0.4, -0.2) is 28.2 Å². The number of fused-ring (bicyclic) bond motifs is 4. The van der Waals surface area contributed by atoms with E-state index in [1.54, 1.807) is 0 Å². The second kappa shape index (κ2) is 8.88. The van der Waals surface area contributed by atoms with Crippen LogP contribution in [0.1, 0.15) is 47.9 Å². The third kappa shape index (κ3) is 4.63. The first-order valence-corrected chi connectivity index (χ1v) is 9.69. The van der Waals surface area contributed by atoms with Crippen molar-refractivity contribution in [1.82, 2.24) is 0 Å². The first-order valence-electron chi connectivity index (χ1n) is 9.69. The van der Waals surface area contributed by atoms with Crippen LogP contribution in [-0.2, 0) is 15.0 Å². The molecule has 29 heavy (non-hydrogen) atoms. The van der Waals surface area contributed by atoms with Crippen LogP contribution in [0.4, 0.5) is 0 Å². The fraction of sp³-hybridized carbons (Fsp3) is 0.250. The first-order chi connectivity index (χ1) is 13.9. The van der Waals surface area contributed by atoms with E-state index in [0.717, 1.165) is 25.7 Å². The maximum Gasteiger partial charge on any atom is 0.328 e. The Hall–Kier alpha value is -3.18. The molecule has 0 radical (unpaired) electrons. The number of hydrogen-bond donors (Lipinski definition) is 3. The van der Waals surface area contributed by atoms with E-state index in [1.807, 2.05) is 0 Å². The lowest BCUT2D eigenvalue weighted by molar-refractivity contribution is -0.134. The molecule has 2 aliphatic rings. The molecule has 150 valence electrons. The largest absolute Gasteiger partial charge is 0.478 e. The van der Waals surface area contributed by atoms with Gasteiger partial charge in [-0.25, -0.2) is 9.59 Å². The molecule has 4 rings (SSSR count). The molecular weight excluding hydrogens is 366 g/mol. The molecule has 0 atom stereocenters. The van der Waals surface area contributed by atoms with Crippen LogP contribution in [0.25, 0.3) is 12.2 Å². The first kappa shape index (κ1) is 20.6. The van der Waals surface area contributed by atoms with Gasteiger partial charge in [-0.2, -0.15) is 0 Å². The van der Waals surface area contributed by atoms with E-state index in [4.69, 9.17) is 15.9 Å². The Labute approximate surface area is 170 Å². The topological polar surface area (TPSA) is 101 Å². The lowest BCUT2D eigenvalue weighted by Crippen LogP contribution is -2.38. The van der Waals surface area contributed by atoms with Gasteiger partial charge in [-0.05, 0) is 47.9 Å². The molecule has 1 spiro atoms. The predicted octanol–water partition coefficient (Wildman–Crippen LogP) is 4.07. The van der Waals surface area contributed by atoms with E-state index in [1.165, 1.54) is 22.3 Å². The maximum atomic E-state index is 9.55. The van der Waals surface area contributed by atoms with Crippen LogP contribution >= 0.6 is 0 Å². The summed E-state index contributed by atoms with van der Waals surface area (Å²) < 4.78 is 0. The molecule has 0 aliphatic heterocycles. The van der Waals surface area contributed by atoms with Crippen LogP contribution in [0.5, 0.6) is 0 Å². The van der Waals surface area contributed by atoms with Gasteiger partial charge in [0.1, 0.15) is 0 Å². The normalized spacial score (nSPS) is 17.0. The van der Waals surface area contributed by atoms with Gasteiger partial charge in [0.15, 0.2) is 0 Å². The molecule has 0 bridgehead atoms. The number of rotatable bonds is 2. The second-order valence-electron chi connectivity index (χ2n) is 7.44. The van der Waals surface area contributed by atoms with Crippen molar-refractivity contribution in [3.63, 3.8) is 0 Å². The molecule has 2 aromatic rings. The number of benzene rings is 2. The van der Waals surface area contributed by atoms with Gasteiger partial charge in [-0.3, -0.25) is 0 Å². The van der Waals surface area contributed by atoms with Gasteiger partial charge in [-0.1, -0.05) is 60.7 Å². The minimum absolute atomic E-state index is 0.145. The molecule has 0 aromatic heterocycles. The van der Waals surface area contributed by atoms with Gasteiger partial charge < -0.3 is 15.9 Å². The van der Waals surface area contributed by atoms with Crippen molar-refractivity contribution in [1.29, 1.82) is 0 Å². The van der Waals surface area contributed by atoms with Crippen LogP contribution in [0.15, 0.2) is 60.7 Å². The highest BCUT2D eigenvalue weighted by molar-refractivity contribution is 5.89. The third-order valence-corrected chi connectivity index (χ3v) is 5.65. The quantitative estimate of drug-likeness (QED) is 0.670. The summed E-state index contributed by atoms with van der Waals surface area (Å²) >= 11 is 0. The van der Waals surface area contributed by atoms with Gasteiger partial charge in [-0.15, -0.1) is 0 Å². The summed E-state index contributed by atoms with van der Waals surface area (Å²) in [5.74, 6) is -2.51. The summed E-state index contributed by atoms with van der Waals surface area (Å²) in [7, 11) is 0. The standard InChI is InChI=1S/C20H21N.C4H4O4/c21-17-11-13-20(14-12-17)18-7-3-1-5-15(18)9-10-16-6-2-4-8-19(16)20;5-3(6)1-2-4(7)8/h1-10,17H,11-14,21H2;1-2H,(H,5,6)(H,7,8)/b;2-1+. The molecule has 5 heteroatoms. The number of carboxylic acids is 2. The summed E-state index contributed by atoms with van der Waals surface area (Å²) in [5.41, 5.74) is 12.0. The summed E-state index contributed by atoms with van der Waals surface area (Å²) in [6, 6.07) is 18.1. The van der Waals surface area contributed by atoms with E-state index in [-0.39, 0.29) is 5.41 Å². The predicted molar refractivity (Wildman–Crippen MR) is 113 cm³/mol. The summed E-state index contributed by atoms with van der Waals surface area (Å²) in [5, 5.41) is 15.6. The molecule has 1 fully saturated rings. The molecule has 5 nitrogen and oxygen atoms in total. The molecular formula is C24H25NO4. The molecule has 1 saturated carbocycles. The van der Waals surface area contributed by atoms with Gasteiger partial charge in [0.2, 0.25) is 0 Å². The average molecular weight is 391 g/mol. The minimum atomic E-state index is -1.26. The van der Waals surface area contributed by atoms with Crippen molar-refractivity contribution in [2.24, 2.45) is 5.73 Å². The van der Waals surface area contributed by atoms with E-state index < -0.39 is 11.9 Å². The highest BCUT2D eigenvalue weighted by atomic mass is 16.4. The van der Waals surface area contributed by atoms with Gasteiger partial charge >= 0.3 is 11.9 Å². The van der Waals surface area contributed by atoms with Crippen molar-refractivity contribution in [3.8, 4) is 0 Å². The van der Waals surface area contributed by atoms with Crippen molar-refractivity contribution in [2.75, 3.05) is 0 Å². The van der Waals surface area contributed by atoms with E-state index in [9.17, 15) is 9.59 Å². The second-order valence-corrected chi connectivity index (χ2v) is 7.44. The fourth-order valence-corrected chi connectivity index (χ4v) is 4.30. The number of hydrogen-bond acceptors (Lipinski definition) is 3. The zero-order valence-corrected chi connectivity index (χ0v) is 16.1. The number of aliphatic carboxylic acids is 2. The van der Waals surface area contributed by atoms with Crippen molar-refractivity contribution in [3.05, 3.63) is 82.9 Å². The van der Waals surface area contributed by atoms with E-state index >= 15 is 0 Å². The van der Waals surface area contributed by atoms with Crippen molar-refractivity contribution in [2.45, 2.75) is 37.1 Å². The summed E-state index contributed by atoms with van der Waals surface area (Å²) in [6.45, 7) is 0. The zero-order chi connectivity index (χ0) is 20.9. The summed E-state index contributed by atoms with van der Waals surface area (Å²) in [6.07, 6.45) is 10.2. The molecule has 0 saturated heterocycles. The fourth-order valence-electron chi connectivity index (χ4n) is 4.30. The number of carboxylic acid groups (broad SMARTS) is 2. The smallest absolute Gasteiger partial charge is 0.328 e. The highest BCUT2D eigenvalue weighted by Gasteiger charge is 2.40. The minimum Gasteiger partial charge on any atom is -0.478 e. The monoisotopic (exact) mass is 391 g/mol. The Morgan fingerprint density at radius 2 is 1.24 bits per heavy atom. The van der Waals surface area contributed by atoms with Crippen molar-refractivity contribution < 1.29 is 19.8 Å². The molecule has 0 amide bonds. The zero-order valence-electron chi connectivity index (χ0n) is 16.1. The van der Waals surface area contributed by atoms with E-state index in [2.05, 4.69) is 60.7 Å². The van der Waals surface area contributed by atoms with Crippen LogP contribution in [0.2, 0.25) is 0 Å². The Morgan fingerprint density at radius 3 is 1.66 bits per heavy atom. The Kier molecular flexibility index (Phi) is 6.29. The number of carbonyl (C=O) groups is 2. The SMILES string of the molecule is NC1CCC2(CC1)c1ccccc1C=Cc1ccccc12.O=C(O)/C=C/C(=O)O. The Balaban J connectivity index is 0.000000258. The Bertz CT molecular complexity index is 885. The maximum absolute atomic E-state index is 9.55. The highest BCUT2D eigenvalue weighted by Crippen LogP contribution is 2.48. The lowest BCUT2D eigenvalue weighted by Gasteiger charge is -2.41. The lowest BCUT2D eigenvalue weighted by atomic mass is 9.63. The number of nitrogens with two attached hydrogens (primary N) is 1. The van der Waals surface area contributed by atoms with E-state index in [0.29, 0.717) is 18.2 Å². The average Bonchev–Trinajstić information content (AvgIpc) is 2.85. The molecule has 4 N–H and O–H groups in total. The van der Waals surface area contributed by atoms with Crippen LogP contribution in [0.3, 0.4) is 0 Å². The summed E-state index contributed by atoms with van der Waals surface area (Å²) in [4.78, 5) is 19.1. The van der Waals surface area contributed by atoms with Crippen LogP contribution < -0.4 is 5.73 Å². The molecule has 0 heterocycles. The Morgan fingerprint density at radius 1 is 0.828 bits per heavy atom.